The molecule has 0 atom stereocenters. The van der Waals surface area contributed by atoms with E-state index in [9.17, 15) is 4.79 Å². The molecule has 0 saturated carbocycles. The van der Waals surface area contributed by atoms with Gasteiger partial charge in [-0.05, 0) is 43.7 Å². The summed E-state index contributed by atoms with van der Waals surface area (Å²) in [5.74, 6) is 0.929. The van der Waals surface area contributed by atoms with Crippen LogP contribution in [0.2, 0.25) is 0 Å². The summed E-state index contributed by atoms with van der Waals surface area (Å²) in [6, 6.07) is 4.40. The number of rotatable bonds is 4. The van der Waals surface area contributed by atoms with E-state index in [-0.39, 0.29) is 5.97 Å². The third-order valence-corrected chi connectivity index (χ3v) is 3.01. The van der Waals surface area contributed by atoms with Crippen LogP contribution in [0.5, 0.6) is 5.75 Å². The Hall–Kier alpha value is -1.51. The lowest BCUT2D eigenvalue weighted by Crippen LogP contribution is -2.10. The van der Waals surface area contributed by atoms with E-state index in [1.807, 2.05) is 0 Å². The molecule has 0 amide bonds. The van der Waals surface area contributed by atoms with Crippen molar-refractivity contribution >= 4 is 5.97 Å². The minimum absolute atomic E-state index is 0.123. The summed E-state index contributed by atoms with van der Waals surface area (Å²) in [5.41, 5.74) is 4.17. The minimum Gasteiger partial charge on any atom is -0.496 e. The fourth-order valence-corrected chi connectivity index (χ4v) is 2.30. The van der Waals surface area contributed by atoms with Gasteiger partial charge in [-0.3, -0.25) is 4.79 Å². The third-order valence-electron chi connectivity index (χ3n) is 3.01. The molecule has 0 saturated heterocycles. The van der Waals surface area contributed by atoms with Crippen LogP contribution < -0.4 is 4.74 Å². The lowest BCUT2D eigenvalue weighted by atomic mass is 9.86. The molecule has 0 spiro atoms. The van der Waals surface area contributed by atoms with Crippen LogP contribution in [-0.4, -0.2) is 19.7 Å². The van der Waals surface area contributed by atoms with Gasteiger partial charge in [0.15, 0.2) is 0 Å². The largest absolute Gasteiger partial charge is 0.496 e. The van der Waals surface area contributed by atoms with Gasteiger partial charge in [-0.1, -0.05) is 45.4 Å². The summed E-state index contributed by atoms with van der Waals surface area (Å²) < 4.78 is 10.0. The second-order valence-corrected chi connectivity index (χ2v) is 6.67. The Bertz CT molecular complexity index is 470. The Balaban J connectivity index is 0.000000534. The Kier molecular flexibility index (Phi) is 8.84. The molecule has 3 nitrogen and oxygen atoms in total. The molecule has 0 aliphatic heterocycles. The molecule has 0 N–H and O–H groups in total. The second kappa shape index (κ2) is 9.50. The van der Waals surface area contributed by atoms with Gasteiger partial charge in [-0.2, -0.15) is 0 Å². The highest BCUT2D eigenvalue weighted by Crippen LogP contribution is 2.30. The number of esters is 1. The first-order valence-electron chi connectivity index (χ1n) is 7.94. The van der Waals surface area contributed by atoms with Crippen molar-refractivity contribution in [2.24, 2.45) is 5.41 Å². The topological polar surface area (TPSA) is 35.5 Å². The summed E-state index contributed by atoms with van der Waals surface area (Å²) >= 11 is 0. The first-order chi connectivity index (χ1) is 10.1. The van der Waals surface area contributed by atoms with E-state index >= 15 is 0 Å². The molecule has 0 bridgehead atoms. The van der Waals surface area contributed by atoms with Gasteiger partial charge in [0.05, 0.1) is 13.7 Å². The quantitative estimate of drug-likeness (QED) is 0.745. The maximum atomic E-state index is 10.2. The first-order valence-corrected chi connectivity index (χ1v) is 7.94. The maximum absolute atomic E-state index is 10.2. The molecule has 1 rings (SSSR count). The SMILES string of the molecule is CCOC(=O)CC.COc1c(C)cc(C)cc1CC(C)(C)C. The Morgan fingerprint density at radius 3 is 2.09 bits per heavy atom. The normalized spacial score (nSPS) is 10.5. The highest BCUT2D eigenvalue weighted by Gasteiger charge is 2.16. The van der Waals surface area contributed by atoms with Crippen LogP contribution in [0.4, 0.5) is 0 Å². The molecule has 0 aromatic heterocycles. The maximum Gasteiger partial charge on any atom is 0.305 e. The van der Waals surface area contributed by atoms with Crippen molar-refractivity contribution in [3.63, 3.8) is 0 Å². The molecular formula is C19H32O3. The number of benzene rings is 1. The van der Waals surface area contributed by atoms with Gasteiger partial charge in [-0.15, -0.1) is 0 Å². The fourth-order valence-electron chi connectivity index (χ4n) is 2.30. The van der Waals surface area contributed by atoms with Gasteiger partial charge >= 0.3 is 5.97 Å². The predicted molar refractivity (Wildman–Crippen MR) is 92.6 cm³/mol. The van der Waals surface area contributed by atoms with Crippen LogP contribution in [0.1, 0.15) is 57.7 Å². The van der Waals surface area contributed by atoms with E-state index in [1.165, 1.54) is 16.7 Å². The van der Waals surface area contributed by atoms with Gasteiger partial charge in [0, 0.05) is 6.42 Å². The van der Waals surface area contributed by atoms with Crippen molar-refractivity contribution in [3.05, 3.63) is 28.8 Å². The Labute approximate surface area is 136 Å². The highest BCUT2D eigenvalue weighted by atomic mass is 16.5. The van der Waals surface area contributed by atoms with Crippen molar-refractivity contribution in [3.8, 4) is 5.75 Å². The number of hydrogen-bond donors (Lipinski definition) is 0. The summed E-state index contributed by atoms with van der Waals surface area (Å²) in [6.45, 7) is 15.1. The lowest BCUT2D eigenvalue weighted by Gasteiger charge is -2.21. The number of methoxy groups -OCH3 is 1. The second-order valence-electron chi connectivity index (χ2n) is 6.67. The monoisotopic (exact) mass is 308 g/mol. The molecule has 0 radical (unpaired) electrons. The molecule has 0 unspecified atom stereocenters. The predicted octanol–water partition coefficient (Wildman–Crippen LogP) is 4.86. The molecule has 22 heavy (non-hydrogen) atoms. The number of hydrogen-bond acceptors (Lipinski definition) is 3. The van der Waals surface area contributed by atoms with Crippen molar-refractivity contribution in [1.82, 2.24) is 0 Å². The Morgan fingerprint density at radius 1 is 1.14 bits per heavy atom. The molecule has 0 heterocycles. The van der Waals surface area contributed by atoms with Crippen molar-refractivity contribution in [2.45, 2.75) is 61.3 Å². The van der Waals surface area contributed by atoms with E-state index in [4.69, 9.17) is 4.74 Å². The van der Waals surface area contributed by atoms with Gasteiger partial charge in [0.1, 0.15) is 5.75 Å². The van der Waals surface area contributed by atoms with Gasteiger partial charge in [0.25, 0.3) is 0 Å². The van der Waals surface area contributed by atoms with Crippen molar-refractivity contribution in [2.75, 3.05) is 13.7 Å². The lowest BCUT2D eigenvalue weighted by molar-refractivity contribution is -0.142. The number of carbonyl (C=O) groups is 1. The molecule has 1 aromatic rings. The van der Waals surface area contributed by atoms with E-state index in [1.54, 1.807) is 21.0 Å². The zero-order valence-electron chi connectivity index (χ0n) is 15.5. The molecular weight excluding hydrogens is 276 g/mol. The third kappa shape index (κ3) is 8.06. The number of carbonyl (C=O) groups excluding carboxylic acids is 1. The summed E-state index contributed by atoms with van der Waals surface area (Å²) in [5, 5.41) is 0. The van der Waals surface area contributed by atoms with E-state index in [2.05, 4.69) is 51.5 Å². The van der Waals surface area contributed by atoms with Crippen LogP contribution in [-0.2, 0) is 16.0 Å². The first kappa shape index (κ1) is 20.5. The summed E-state index contributed by atoms with van der Waals surface area (Å²) in [4.78, 5) is 10.2. The van der Waals surface area contributed by atoms with Crippen molar-refractivity contribution < 1.29 is 14.3 Å². The van der Waals surface area contributed by atoms with E-state index in [0.717, 1.165) is 12.2 Å². The molecule has 3 heteroatoms. The Morgan fingerprint density at radius 2 is 1.73 bits per heavy atom. The smallest absolute Gasteiger partial charge is 0.305 e. The van der Waals surface area contributed by atoms with Crippen LogP contribution in [0.25, 0.3) is 0 Å². The molecule has 1 aromatic carbocycles. The molecule has 0 aliphatic rings. The van der Waals surface area contributed by atoms with Crippen LogP contribution in [0.15, 0.2) is 12.1 Å². The average molecular weight is 308 g/mol. The van der Waals surface area contributed by atoms with E-state index < -0.39 is 0 Å². The minimum atomic E-state index is -0.123. The van der Waals surface area contributed by atoms with Crippen molar-refractivity contribution in [1.29, 1.82) is 0 Å². The zero-order chi connectivity index (χ0) is 17.3. The van der Waals surface area contributed by atoms with Crippen LogP contribution in [0, 0.1) is 19.3 Å². The standard InChI is InChI=1S/C14H22O.C5H10O2/c1-10-7-11(2)13(15-6)12(8-10)9-14(3,4)5;1-3-5(6)7-4-2/h7-8H,9H2,1-6H3;3-4H2,1-2H3. The van der Waals surface area contributed by atoms with E-state index in [0.29, 0.717) is 18.4 Å². The van der Waals surface area contributed by atoms with Gasteiger partial charge in [0.2, 0.25) is 0 Å². The molecule has 0 aliphatic carbocycles. The highest BCUT2D eigenvalue weighted by molar-refractivity contribution is 5.68. The van der Waals surface area contributed by atoms with Gasteiger partial charge < -0.3 is 9.47 Å². The zero-order valence-corrected chi connectivity index (χ0v) is 15.5. The van der Waals surface area contributed by atoms with Gasteiger partial charge in [-0.25, -0.2) is 0 Å². The molecule has 0 fully saturated rings. The molecule has 126 valence electrons. The number of ether oxygens (including phenoxy) is 2. The summed E-state index contributed by atoms with van der Waals surface area (Å²) in [6.07, 6.45) is 1.53. The number of aryl methyl sites for hydroxylation is 2. The van der Waals surface area contributed by atoms with Crippen LogP contribution in [0.3, 0.4) is 0 Å². The fraction of sp³-hybridized carbons (Fsp3) is 0.632. The summed E-state index contributed by atoms with van der Waals surface area (Å²) in [7, 11) is 1.75. The van der Waals surface area contributed by atoms with Crippen LogP contribution >= 0.6 is 0 Å². The average Bonchev–Trinajstić information content (AvgIpc) is 2.37.